The summed E-state index contributed by atoms with van der Waals surface area (Å²) in [5, 5.41) is 9.27. The number of aromatic hydroxyl groups is 1. The molecule has 1 aromatic rings. The van der Waals surface area contributed by atoms with E-state index in [9.17, 15) is 5.11 Å². The van der Waals surface area contributed by atoms with Crippen LogP contribution in [0, 0.1) is 0 Å². The molecule has 0 radical (unpaired) electrons. The highest BCUT2D eigenvalue weighted by Gasteiger charge is 2.08. The van der Waals surface area contributed by atoms with Crippen LogP contribution in [0.3, 0.4) is 0 Å². The molecule has 11 heavy (non-hydrogen) atoms. The van der Waals surface area contributed by atoms with Crippen molar-refractivity contribution < 1.29 is 9.84 Å². The highest BCUT2D eigenvalue weighted by atomic mass is 16.5. The molecule has 0 bridgehead atoms. The van der Waals surface area contributed by atoms with Crippen LogP contribution in [-0.2, 0) is 4.74 Å². The first-order valence-electron chi connectivity index (χ1n) is 3.42. The van der Waals surface area contributed by atoms with Gasteiger partial charge in [0.1, 0.15) is 11.4 Å². The van der Waals surface area contributed by atoms with Gasteiger partial charge in [-0.25, -0.2) is 0 Å². The molecule has 0 fully saturated rings. The van der Waals surface area contributed by atoms with E-state index in [1.54, 1.807) is 25.4 Å². The highest BCUT2D eigenvalue weighted by molar-refractivity contribution is 5.26. The SMILES string of the molecule is COC(C)c1ncccc1O. The van der Waals surface area contributed by atoms with Crippen molar-refractivity contribution >= 4 is 0 Å². The minimum absolute atomic E-state index is 0.156. The Balaban J connectivity index is 2.93. The van der Waals surface area contributed by atoms with Gasteiger partial charge in [-0.1, -0.05) is 0 Å². The molecule has 1 heterocycles. The normalized spacial score (nSPS) is 12.9. The monoisotopic (exact) mass is 153 g/mol. The third-order valence-electron chi connectivity index (χ3n) is 1.55. The number of ether oxygens (including phenoxy) is 1. The molecule has 60 valence electrons. The van der Waals surface area contributed by atoms with Crippen molar-refractivity contribution in [1.29, 1.82) is 0 Å². The van der Waals surface area contributed by atoms with Crippen LogP contribution < -0.4 is 0 Å². The predicted octanol–water partition coefficient (Wildman–Crippen LogP) is 1.49. The Morgan fingerprint density at radius 3 is 2.91 bits per heavy atom. The van der Waals surface area contributed by atoms with Crippen LogP contribution in [0.4, 0.5) is 0 Å². The van der Waals surface area contributed by atoms with E-state index < -0.39 is 0 Å². The van der Waals surface area contributed by atoms with Crippen LogP contribution in [0.1, 0.15) is 18.7 Å². The van der Waals surface area contributed by atoms with Crippen LogP contribution in [-0.4, -0.2) is 17.2 Å². The Morgan fingerprint density at radius 1 is 1.64 bits per heavy atom. The van der Waals surface area contributed by atoms with Crippen molar-refractivity contribution in [2.75, 3.05) is 7.11 Å². The number of hydrogen-bond acceptors (Lipinski definition) is 3. The van der Waals surface area contributed by atoms with Crippen molar-refractivity contribution in [3.8, 4) is 5.75 Å². The Kier molecular flexibility index (Phi) is 2.44. The van der Waals surface area contributed by atoms with Gasteiger partial charge in [0.05, 0.1) is 6.10 Å². The lowest BCUT2D eigenvalue weighted by Crippen LogP contribution is -1.98. The summed E-state index contributed by atoms with van der Waals surface area (Å²) < 4.78 is 4.99. The van der Waals surface area contributed by atoms with Crippen molar-refractivity contribution in [3.05, 3.63) is 24.0 Å². The number of methoxy groups -OCH3 is 1. The third-order valence-corrected chi connectivity index (χ3v) is 1.55. The van der Waals surface area contributed by atoms with E-state index in [4.69, 9.17) is 4.74 Å². The zero-order chi connectivity index (χ0) is 8.27. The van der Waals surface area contributed by atoms with E-state index in [-0.39, 0.29) is 11.9 Å². The van der Waals surface area contributed by atoms with Crippen LogP contribution in [0.15, 0.2) is 18.3 Å². The smallest absolute Gasteiger partial charge is 0.139 e. The zero-order valence-electron chi connectivity index (χ0n) is 6.61. The molecule has 1 atom stereocenters. The number of pyridine rings is 1. The molecule has 0 saturated carbocycles. The fourth-order valence-electron chi connectivity index (χ4n) is 0.834. The minimum Gasteiger partial charge on any atom is -0.506 e. The number of hydrogen-bond donors (Lipinski definition) is 1. The van der Waals surface area contributed by atoms with Crippen molar-refractivity contribution in [2.24, 2.45) is 0 Å². The molecule has 3 nitrogen and oxygen atoms in total. The molecule has 0 amide bonds. The Labute approximate surface area is 65.7 Å². The summed E-state index contributed by atoms with van der Waals surface area (Å²) in [4.78, 5) is 3.97. The molecule has 3 heteroatoms. The van der Waals surface area contributed by atoms with Crippen molar-refractivity contribution in [2.45, 2.75) is 13.0 Å². The second-order valence-corrected chi connectivity index (χ2v) is 2.29. The molecular weight excluding hydrogens is 142 g/mol. The fourth-order valence-corrected chi connectivity index (χ4v) is 0.834. The molecule has 1 unspecified atom stereocenters. The molecule has 1 rings (SSSR count). The van der Waals surface area contributed by atoms with Gasteiger partial charge in [-0.05, 0) is 19.1 Å². The van der Waals surface area contributed by atoms with Crippen LogP contribution >= 0.6 is 0 Å². The second kappa shape index (κ2) is 3.34. The van der Waals surface area contributed by atoms with E-state index >= 15 is 0 Å². The van der Waals surface area contributed by atoms with E-state index in [1.165, 1.54) is 0 Å². The van der Waals surface area contributed by atoms with Crippen molar-refractivity contribution in [3.63, 3.8) is 0 Å². The summed E-state index contributed by atoms with van der Waals surface area (Å²) in [5.41, 5.74) is 0.579. The summed E-state index contributed by atoms with van der Waals surface area (Å²) in [6.07, 6.45) is 1.47. The van der Waals surface area contributed by atoms with Gasteiger partial charge in [-0.2, -0.15) is 0 Å². The molecule has 0 spiro atoms. The molecule has 0 aliphatic heterocycles. The number of rotatable bonds is 2. The molecular formula is C8H11NO2. The largest absolute Gasteiger partial charge is 0.506 e. The number of aromatic nitrogens is 1. The topological polar surface area (TPSA) is 42.4 Å². The lowest BCUT2D eigenvalue weighted by Gasteiger charge is -2.09. The van der Waals surface area contributed by atoms with Gasteiger partial charge in [-0.3, -0.25) is 4.98 Å². The summed E-state index contributed by atoms with van der Waals surface area (Å²) >= 11 is 0. The van der Waals surface area contributed by atoms with Gasteiger partial charge in [0.25, 0.3) is 0 Å². The quantitative estimate of drug-likeness (QED) is 0.700. The zero-order valence-corrected chi connectivity index (χ0v) is 6.61. The van der Waals surface area contributed by atoms with Gasteiger partial charge in [0.15, 0.2) is 0 Å². The predicted molar refractivity (Wildman–Crippen MR) is 41.3 cm³/mol. The van der Waals surface area contributed by atoms with Crippen molar-refractivity contribution in [1.82, 2.24) is 4.98 Å². The first-order chi connectivity index (χ1) is 5.25. The van der Waals surface area contributed by atoms with Crippen LogP contribution in [0.5, 0.6) is 5.75 Å². The van der Waals surface area contributed by atoms with Gasteiger partial charge in [0.2, 0.25) is 0 Å². The summed E-state index contributed by atoms with van der Waals surface area (Å²) in [6.45, 7) is 1.84. The van der Waals surface area contributed by atoms with Gasteiger partial charge in [0, 0.05) is 13.3 Å². The average molecular weight is 153 g/mol. The standard InChI is InChI=1S/C8H11NO2/c1-6(11-2)8-7(10)4-3-5-9-8/h3-6,10H,1-2H3. The first kappa shape index (κ1) is 8.01. The lowest BCUT2D eigenvalue weighted by molar-refractivity contribution is 0.113. The Hall–Kier alpha value is -1.09. The van der Waals surface area contributed by atoms with Gasteiger partial charge in [-0.15, -0.1) is 0 Å². The molecule has 1 aromatic heterocycles. The number of nitrogens with zero attached hydrogens (tertiary/aromatic N) is 1. The molecule has 0 aliphatic rings. The maximum absolute atomic E-state index is 9.27. The second-order valence-electron chi connectivity index (χ2n) is 2.29. The average Bonchev–Trinajstić information content (AvgIpc) is 2.04. The highest BCUT2D eigenvalue weighted by Crippen LogP contribution is 2.22. The van der Waals surface area contributed by atoms with Crippen LogP contribution in [0.25, 0.3) is 0 Å². The maximum Gasteiger partial charge on any atom is 0.139 e. The fraction of sp³-hybridized carbons (Fsp3) is 0.375. The van der Waals surface area contributed by atoms with E-state index in [1.807, 2.05) is 6.92 Å². The summed E-state index contributed by atoms with van der Waals surface area (Å²) in [5.74, 6) is 0.182. The molecule has 1 N–H and O–H groups in total. The maximum atomic E-state index is 9.27. The minimum atomic E-state index is -0.156. The van der Waals surface area contributed by atoms with Gasteiger partial charge < -0.3 is 9.84 Å². The summed E-state index contributed by atoms with van der Waals surface area (Å²) in [6, 6.07) is 3.28. The van der Waals surface area contributed by atoms with E-state index in [2.05, 4.69) is 4.98 Å². The Bertz CT molecular complexity index is 237. The molecule has 0 aromatic carbocycles. The third kappa shape index (κ3) is 1.68. The Morgan fingerprint density at radius 2 is 2.36 bits per heavy atom. The molecule has 0 aliphatic carbocycles. The van der Waals surface area contributed by atoms with Crippen LogP contribution in [0.2, 0.25) is 0 Å². The van der Waals surface area contributed by atoms with Gasteiger partial charge >= 0.3 is 0 Å². The summed E-state index contributed by atoms with van der Waals surface area (Å²) in [7, 11) is 1.58. The lowest BCUT2D eigenvalue weighted by atomic mass is 10.2. The van der Waals surface area contributed by atoms with E-state index in [0.29, 0.717) is 5.69 Å². The molecule has 0 saturated heterocycles. The first-order valence-corrected chi connectivity index (χ1v) is 3.42. The van der Waals surface area contributed by atoms with E-state index in [0.717, 1.165) is 0 Å².